The minimum atomic E-state index is 0.0433. The largest absolute Gasteiger partial charge is 0.336 e. The predicted octanol–water partition coefficient (Wildman–Crippen LogP) is 2.06. The van der Waals surface area contributed by atoms with Gasteiger partial charge in [0.1, 0.15) is 5.69 Å². The number of hydrogen-bond acceptors (Lipinski definition) is 3. The Morgan fingerprint density at radius 1 is 1.35 bits per heavy atom. The summed E-state index contributed by atoms with van der Waals surface area (Å²) < 4.78 is 0. The number of pyridine rings is 1. The summed E-state index contributed by atoms with van der Waals surface area (Å²) in [6.07, 6.45) is 3.89. The Labute approximate surface area is 118 Å². The van der Waals surface area contributed by atoms with E-state index in [1.165, 1.54) is 0 Å². The number of likely N-dealkylation sites (tertiary alicyclic amines) is 1. The molecule has 20 heavy (non-hydrogen) atoms. The average molecular weight is 269 g/mol. The van der Waals surface area contributed by atoms with E-state index in [0.29, 0.717) is 11.7 Å². The highest BCUT2D eigenvalue weighted by Gasteiger charge is 2.25. The molecule has 0 spiro atoms. The number of nitrogens with one attached hydrogen (secondary N) is 1. The Balaban J connectivity index is 1.92. The van der Waals surface area contributed by atoms with E-state index in [9.17, 15) is 4.79 Å². The van der Waals surface area contributed by atoms with Crippen LogP contribution in [-0.4, -0.2) is 42.0 Å². The lowest BCUT2D eigenvalue weighted by atomic mass is 10.0. The molecule has 2 aromatic rings. The number of rotatable bonds is 2. The topological polar surface area (TPSA) is 45.2 Å². The molecular weight excluding hydrogens is 250 g/mol. The van der Waals surface area contributed by atoms with Crippen molar-refractivity contribution in [2.75, 3.05) is 20.1 Å². The second-order valence-electron chi connectivity index (χ2n) is 5.26. The zero-order chi connectivity index (χ0) is 13.9. The summed E-state index contributed by atoms with van der Waals surface area (Å²) in [4.78, 5) is 18.9. The SMILES string of the molecule is CN[C@@H]1CCCN(C(=O)c2nccc3ccccc23)C1. The van der Waals surface area contributed by atoms with Gasteiger partial charge in [0, 0.05) is 30.7 Å². The van der Waals surface area contributed by atoms with Gasteiger partial charge in [-0.25, -0.2) is 0 Å². The lowest BCUT2D eigenvalue weighted by Crippen LogP contribution is -2.47. The van der Waals surface area contributed by atoms with Gasteiger partial charge in [0.25, 0.3) is 5.91 Å². The molecule has 1 atom stereocenters. The summed E-state index contributed by atoms with van der Waals surface area (Å²) in [6, 6.07) is 10.2. The Kier molecular flexibility index (Phi) is 3.65. The fraction of sp³-hybridized carbons (Fsp3) is 0.375. The van der Waals surface area contributed by atoms with Gasteiger partial charge in [0.15, 0.2) is 0 Å². The number of carbonyl (C=O) groups excluding carboxylic acids is 1. The number of nitrogens with zero attached hydrogens (tertiary/aromatic N) is 2. The Hall–Kier alpha value is -1.94. The van der Waals surface area contributed by atoms with Gasteiger partial charge in [-0.05, 0) is 31.3 Å². The minimum absolute atomic E-state index is 0.0433. The molecule has 0 saturated carbocycles. The van der Waals surface area contributed by atoms with Crippen molar-refractivity contribution in [2.45, 2.75) is 18.9 Å². The van der Waals surface area contributed by atoms with Gasteiger partial charge < -0.3 is 10.2 Å². The second kappa shape index (κ2) is 5.59. The molecule has 104 valence electrons. The molecule has 4 nitrogen and oxygen atoms in total. The Morgan fingerprint density at radius 3 is 3.05 bits per heavy atom. The molecule has 3 rings (SSSR count). The molecule has 1 N–H and O–H groups in total. The molecule has 1 fully saturated rings. The fourth-order valence-corrected chi connectivity index (χ4v) is 2.84. The molecule has 1 aliphatic heterocycles. The van der Waals surface area contributed by atoms with Crippen LogP contribution < -0.4 is 5.32 Å². The molecule has 4 heteroatoms. The number of likely N-dealkylation sites (N-methyl/N-ethyl adjacent to an activating group) is 1. The third kappa shape index (κ3) is 2.39. The van der Waals surface area contributed by atoms with Crippen LogP contribution in [0, 0.1) is 0 Å². The van der Waals surface area contributed by atoms with Crippen molar-refractivity contribution in [2.24, 2.45) is 0 Å². The number of carbonyl (C=O) groups is 1. The monoisotopic (exact) mass is 269 g/mol. The maximum absolute atomic E-state index is 12.7. The van der Waals surface area contributed by atoms with E-state index in [1.54, 1.807) is 6.20 Å². The molecule has 1 aromatic heterocycles. The van der Waals surface area contributed by atoms with Crippen LogP contribution in [-0.2, 0) is 0 Å². The average Bonchev–Trinajstić information content (AvgIpc) is 2.53. The summed E-state index contributed by atoms with van der Waals surface area (Å²) in [7, 11) is 1.95. The molecule has 0 aliphatic carbocycles. The van der Waals surface area contributed by atoms with Crippen molar-refractivity contribution in [3.63, 3.8) is 0 Å². The highest BCUT2D eigenvalue weighted by atomic mass is 16.2. The molecule has 2 heterocycles. The highest BCUT2D eigenvalue weighted by molar-refractivity contribution is 6.05. The number of aromatic nitrogens is 1. The first kappa shape index (κ1) is 13.1. The van der Waals surface area contributed by atoms with Crippen LogP contribution in [0.5, 0.6) is 0 Å². The lowest BCUT2D eigenvalue weighted by molar-refractivity contribution is 0.0694. The van der Waals surface area contributed by atoms with Crippen LogP contribution in [0.4, 0.5) is 0 Å². The van der Waals surface area contributed by atoms with Gasteiger partial charge in [-0.3, -0.25) is 9.78 Å². The predicted molar refractivity (Wildman–Crippen MR) is 79.7 cm³/mol. The second-order valence-corrected chi connectivity index (χ2v) is 5.26. The van der Waals surface area contributed by atoms with Crippen molar-refractivity contribution < 1.29 is 4.79 Å². The zero-order valence-electron chi connectivity index (χ0n) is 11.7. The van der Waals surface area contributed by atoms with Gasteiger partial charge >= 0.3 is 0 Å². The first-order valence-corrected chi connectivity index (χ1v) is 7.10. The lowest BCUT2D eigenvalue weighted by Gasteiger charge is -2.32. The molecule has 1 aromatic carbocycles. The summed E-state index contributed by atoms with van der Waals surface area (Å²) >= 11 is 0. The number of benzene rings is 1. The molecule has 0 bridgehead atoms. The van der Waals surface area contributed by atoms with E-state index >= 15 is 0 Å². The normalized spacial score (nSPS) is 19.2. The van der Waals surface area contributed by atoms with Crippen molar-refractivity contribution in [3.8, 4) is 0 Å². The Morgan fingerprint density at radius 2 is 2.20 bits per heavy atom. The van der Waals surface area contributed by atoms with Gasteiger partial charge in [0.2, 0.25) is 0 Å². The van der Waals surface area contributed by atoms with E-state index in [4.69, 9.17) is 0 Å². The number of fused-ring (bicyclic) bond motifs is 1. The van der Waals surface area contributed by atoms with E-state index in [2.05, 4.69) is 10.3 Å². The van der Waals surface area contributed by atoms with Crippen LogP contribution in [0.3, 0.4) is 0 Å². The maximum atomic E-state index is 12.7. The summed E-state index contributed by atoms with van der Waals surface area (Å²) in [5.74, 6) is 0.0433. The number of hydrogen-bond donors (Lipinski definition) is 1. The molecule has 1 aliphatic rings. The van der Waals surface area contributed by atoms with Gasteiger partial charge in [-0.15, -0.1) is 0 Å². The summed E-state index contributed by atoms with van der Waals surface area (Å²) in [5.41, 5.74) is 0.569. The summed E-state index contributed by atoms with van der Waals surface area (Å²) in [5, 5.41) is 5.26. The standard InChI is InChI=1S/C16H19N3O/c1-17-13-6-4-10-19(11-13)16(20)15-14-7-3-2-5-12(14)8-9-18-15/h2-3,5,7-9,13,17H,4,6,10-11H2,1H3/t13-/m1/s1. The number of piperidine rings is 1. The minimum Gasteiger partial charge on any atom is -0.336 e. The van der Waals surface area contributed by atoms with Crippen LogP contribution in [0.1, 0.15) is 23.3 Å². The third-order valence-electron chi connectivity index (χ3n) is 3.99. The smallest absolute Gasteiger partial charge is 0.273 e. The van der Waals surface area contributed by atoms with E-state index in [0.717, 1.165) is 36.7 Å². The zero-order valence-corrected chi connectivity index (χ0v) is 11.7. The number of amides is 1. The first-order chi connectivity index (χ1) is 9.79. The van der Waals surface area contributed by atoms with Crippen LogP contribution >= 0.6 is 0 Å². The van der Waals surface area contributed by atoms with E-state index in [1.807, 2.05) is 42.3 Å². The molecule has 0 unspecified atom stereocenters. The fourth-order valence-electron chi connectivity index (χ4n) is 2.84. The van der Waals surface area contributed by atoms with Gasteiger partial charge in [-0.1, -0.05) is 24.3 Å². The molecular formula is C16H19N3O. The van der Waals surface area contributed by atoms with Crippen molar-refractivity contribution >= 4 is 16.7 Å². The quantitative estimate of drug-likeness (QED) is 0.907. The van der Waals surface area contributed by atoms with Gasteiger partial charge in [-0.2, -0.15) is 0 Å². The van der Waals surface area contributed by atoms with E-state index in [-0.39, 0.29) is 5.91 Å². The van der Waals surface area contributed by atoms with Crippen LogP contribution in [0.2, 0.25) is 0 Å². The summed E-state index contributed by atoms with van der Waals surface area (Å²) in [6.45, 7) is 1.59. The Bertz CT molecular complexity index is 621. The van der Waals surface area contributed by atoms with Crippen molar-refractivity contribution in [1.82, 2.24) is 15.2 Å². The molecule has 1 amide bonds. The maximum Gasteiger partial charge on any atom is 0.273 e. The van der Waals surface area contributed by atoms with Crippen LogP contribution in [0.25, 0.3) is 10.8 Å². The molecule has 0 radical (unpaired) electrons. The van der Waals surface area contributed by atoms with Crippen LogP contribution in [0.15, 0.2) is 36.5 Å². The highest BCUT2D eigenvalue weighted by Crippen LogP contribution is 2.19. The van der Waals surface area contributed by atoms with E-state index < -0.39 is 0 Å². The first-order valence-electron chi connectivity index (χ1n) is 7.10. The van der Waals surface area contributed by atoms with Gasteiger partial charge in [0.05, 0.1) is 0 Å². The third-order valence-corrected chi connectivity index (χ3v) is 3.99. The molecule has 1 saturated heterocycles. The van der Waals surface area contributed by atoms with Crippen molar-refractivity contribution in [1.29, 1.82) is 0 Å². The van der Waals surface area contributed by atoms with Crippen molar-refractivity contribution in [3.05, 3.63) is 42.2 Å².